The van der Waals surface area contributed by atoms with Crippen LogP contribution in [0.1, 0.15) is 35.0 Å². The van der Waals surface area contributed by atoms with Crippen LogP contribution in [0.25, 0.3) is 10.9 Å². The van der Waals surface area contributed by atoms with Gasteiger partial charge >= 0.3 is 0 Å². The first kappa shape index (κ1) is 20.5. The van der Waals surface area contributed by atoms with E-state index in [1.165, 1.54) is 16.5 Å². The second kappa shape index (κ2) is 9.37. The number of carbonyl (C=O) groups is 1. The molecule has 0 spiro atoms. The molecule has 3 heterocycles. The number of hydrogen-bond acceptors (Lipinski definition) is 3. The molecule has 1 aliphatic rings. The molecule has 4 aromatic rings. The largest absolute Gasteiger partial charge is 0.368 e. The Hall–Kier alpha value is -3.44. The predicted molar refractivity (Wildman–Crippen MR) is 125 cm³/mol. The van der Waals surface area contributed by atoms with E-state index in [1.54, 1.807) is 0 Å². The van der Waals surface area contributed by atoms with Crippen molar-refractivity contribution >= 4 is 16.8 Å². The average Bonchev–Trinajstić information content (AvgIpc) is 3.26. The Kier molecular flexibility index (Phi) is 5.99. The third-order valence-electron chi connectivity index (χ3n) is 6.09. The number of hydrogen-bond donors (Lipinski definition) is 1. The fourth-order valence-electron chi connectivity index (χ4n) is 4.37. The van der Waals surface area contributed by atoms with Crippen LogP contribution in [0, 0.1) is 0 Å². The van der Waals surface area contributed by atoms with Gasteiger partial charge in [-0.3, -0.25) is 9.78 Å². The van der Waals surface area contributed by atoms with Gasteiger partial charge in [-0.05, 0) is 35.7 Å². The number of pyridine rings is 1. The summed E-state index contributed by atoms with van der Waals surface area (Å²) in [6, 6.07) is 24.6. The molecule has 1 saturated heterocycles. The van der Waals surface area contributed by atoms with Crippen LogP contribution in [0.5, 0.6) is 0 Å². The Morgan fingerprint density at radius 3 is 2.78 bits per heavy atom. The number of para-hydroxylation sites is 1. The number of benzene rings is 2. The molecule has 1 atom stereocenters. The molecule has 5 rings (SSSR count). The molecular formula is C27H27N3O2. The van der Waals surface area contributed by atoms with E-state index in [9.17, 15) is 4.79 Å². The zero-order valence-electron chi connectivity index (χ0n) is 18.0. The van der Waals surface area contributed by atoms with Crippen LogP contribution in [0.3, 0.4) is 0 Å². The number of aryl methyl sites for hydroxylation is 1. The summed E-state index contributed by atoms with van der Waals surface area (Å²) in [5.41, 5.74) is 5.44. The smallest absolute Gasteiger partial charge is 0.223 e. The summed E-state index contributed by atoms with van der Waals surface area (Å²) in [4.78, 5) is 23.0. The van der Waals surface area contributed by atoms with Gasteiger partial charge in [-0.2, -0.15) is 0 Å². The van der Waals surface area contributed by atoms with E-state index in [4.69, 9.17) is 9.72 Å². The van der Waals surface area contributed by atoms with Crippen molar-refractivity contribution in [3.63, 3.8) is 0 Å². The predicted octanol–water partition coefficient (Wildman–Crippen LogP) is 4.69. The SMILES string of the molecule is O=C(CCc1c[nH]c2ccccc12)N1CCO[C@@H](c2cccc(Cc3ccccc3)n2)C1. The standard InChI is InChI=1S/C27H27N3O2/c31-27(14-13-21-18-28-24-11-5-4-10-23(21)24)30-15-16-32-26(19-30)25-12-6-9-22(29-25)17-20-7-2-1-3-8-20/h1-12,18,26,28H,13-17,19H2/t26-/m1/s1. The minimum Gasteiger partial charge on any atom is -0.368 e. The minimum absolute atomic E-state index is 0.170. The molecule has 0 bridgehead atoms. The van der Waals surface area contributed by atoms with Crippen molar-refractivity contribution in [1.82, 2.24) is 14.9 Å². The molecule has 5 nitrogen and oxygen atoms in total. The van der Waals surface area contributed by atoms with Gasteiger partial charge in [0.15, 0.2) is 0 Å². The van der Waals surface area contributed by atoms with Crippen molar-refractivity contribution < 1.29 is 9.53 Å². The van der Waals surface area contributed by atoms with Gasteiger partial charge in [0.1, 0.15) is 6.10 Å². The molecular weight excluding hydrogens is 398 g/mol. The molecule has 1 aliphatic heterocycles. The Bertz CT molecular complexity index is 1200. The molecule has 32 heavy (non-hydrogen) atoms. The van der Waals surface area contributed by atoms with E-state index >= 15 is 0 Å². The number of carbonyl (C=O) groups excluding carboxylic acids is 1. The third kappa shape index (κ3) is 4.58. The number of morpholine rings is 1. The zero-order chi connectivity index (χ0) is 21.8. The lowest BCUT2D eigenvalue weighted by molar-refractivity contribution is -0.139. The van der Waals surface area contributed by atoms with Gasteiger partial charge in [0.05, 0.1) is 18.8 Å². The molecule has 0 radical (unpaired) electrons. The summed E-state index contributed by atoms with van der Waals surface area (Å²) in [5, 5.41) is 1.19. The van der Waals surface area contributed by atoms with E-state index in [1.807, 2.05) is 59.6 Å². The van der Waals surface area contributed by atoms with Crippen molar-refractivity contribution in [3.8, 4) is 0 Å². The van der Waals surface area contributed by atoms with Crippen LogP contribution in [0.15, 0.2) is 79.0 Å². The van der Waals surface area contributed by atoms with Crippen LogP contribution in [0.4, 0.5) is 0 Å². The summed E-state index contributed by atoms with van der Waals surface area (Å²) in [7, 11) is 0. The highest BCUT2D eigenvalue weighted by molar-refractivity contribution is 5.84. The number of nitrogens with zero attached hydrogens (tertiary/aromatic N) is 2. The topological polar surface area (TPSA) is 58.2 Å². The third-order valence-corrected chi connectivity index (χ3v) is 6.09. The van der Waals surface area contributed by atoms with Gasteiger partial charge in [0.2, 0.25) is 5.91 Å². The fourth-order valence-corrected chi connectivity index (χ4v) is 4.37. The lowest BCUT2D eigenvalue weighted by Crippen LogP contribution is -2.42. The highest BCUT2D eigenvalue weighted by Gasteiger charge is 2.26. The second-order valence-corrected chi connectivity index (χ2v) is 8.27. The van der Waals surface area contributed by atoms with E-state index in [0.29, 0.717) is 26.1 Å². The van der Waals surface area contributed by atoms with E-state index in [2.05, 4.69) is 29.2 Å². The lowest BCUT2D eigenvalue weighted by atomic mass is 10.1. The normalized spacial score (nSPS) is 16.4. The summed E-state index contributed by atoms with van der Waals surface area (Å²) >= 11 is 0. The van der Waals surface area contributed by atoms with Crippen molar-refractivity contribution in [2.24, 2.45) is 0 Å². The molecule has 1 amide bonds. The highest BCUT2D eigenvalue weighted by atomic mass is 16.5. The molecule has 0 aliphatic carbocycles. The van der Waals surface area contributed by atoms with Crippen LogP contribution >= 0.6 is 0 Å². The molecule has 2 aromatic carbocycles. The summed E-state index contributed by atoms with van der Waals surface area (Å²) < 4.78 is 6.00. The van der Waals surface area contributed by atoms with Crippen molar-refractivity contribution in [2.45, 2.75) is 25.4 Å². The van der Waals surface area contributed by atoms with Gasteiger partial charge in [-0.1, -0.05) is 54.6 Å². The molecule has 5 heteroatoms. The number of amides is 1. The first-order chi connectivity index (χ1) is 15.8. The summed E-state index contributed by atoms with van der Waals surface area (Å²) in [6.45, 7) is 1.72. The van der Waals surface area contributed by atoms with E-state index in [0.717, 1.165) is 29.7 Å². The van der Waals surface area contributed by atoms with Crippen molar-refractivity contribution in [1.29, 1.82) is 0 Å². The average molecular weight is 426 g/mol. The van der Waals surface area contributed by atoms with E-state index in [-0.39, 0.29) is 12.0 Å². The molecule has 0 saturated carbocycles. The minimum atomic E-state index is -0.184. The molecule has 162 valence electrons. The Morgan fingerprint density at radius 1 is 1.03 bits per heavy atom. The van der Waals surface area contributed by atoms with Crippen molar-refractivity contribution in [2.75, 3.05) is 19.7 Å². The number of nitrogens with one attached hydrogen (secondary N) is 1. The maximum Gasteiger partial charge on any atom is 0.223 e. The first-order valence-electron chi connectivity index (χ1n) is 11.2. The molecule has 0 unspecified atom stereocenters. The molecule has 1 fully saturated rings. The quantitative estimate of drug-likeness (QED) is 0.488. The summed E-state index contributed by atoms with van der Waals surface area (Å²) in [5.74, 6) is 0.170. The number of H-pyrrole nitrogens is 1. The second-order valence-electron chi connectivity index (χ2n) is 8.27. The number of rotatable bonds is 6. The molecule has 1 N–H and O–H groups in total. The lowest BCUT2D eigenvalue weighted by Gasteiger charge is -2.33. The number of fused-ring (bicyclic) bond motifs is 1. The number of aromatic nitrogens is 2. The van der Waals surface area contributed by atoms with Gasteiger partial charge in [0, 0.05) is 42.2 Å². The first-order valence-corrected chi connectivity index (χ1v) is 11.2. The van der Waals surface area contributed by atoms with E-state index < -0.39 is 0 Å². The van der Waals surface area contributed by atoms with Crippen LogP contribution in [-0.4, -0.2) is 40.5 Å². The summed E-state index contributed by atoms with van der Waals surface area (Å²) in [6.07, 6.45) is 3.85. The van der Waals surface area contributed by atoms with Gasteiger partial charge in [-0.15, -0.1) is 0 Å². The monoisotopic (exact) mass is 425 g/mol. The van der Waals surface area contributed by atoms with Crippen LogP contribution in [0.2, 0.25) is 0 Å². The maximum atomic E-state index is 13.0. The Labute approximate surface area is 188 Å². The molecule has 2 aromatic heterocycles. The maximum absolute atomic E-state index is 13.0. The number of ether oxygens (including phenoxy) is 1. The van der Waals surface area contributed by atoms with Crippen molar-refractivity contribution in [3.05, 3.63) is 102 Å². The van der Waals surface area contributed by atoms with Gasteiger partial charge in [0.25, 0.3) is 0 Å². The Balaban J connectivity index is 1.22. The van der Waals surface area contributed by atoms with Gasteiger partial charge < -0.3 is 14.6 Å². The van der Waals surface area contributed by atoms with Crippen LogP contribution in [-0.2, 0) is 22.4 Å². The zero-order valence-corrected chi connectivity index (χ0v) is 18.0. The Morgan fingerprint density at radius 2 is 1.88 bits per heavy atom. The van der Waals surface area contributed by atoms with Crippen LogP contribution < -0.4 is 0 Å². The fraction of sp³-hybridized carbons (Fsp3) is 0.259. The number of aromatic amines is 1. The van der Waals surface area contributed by atoms with Gasteiger partial charge in [-0.25, -0.2) is 0 Å². The highest BCUT2D eigenvalue weighted by Crippen LogP contribution is 2.23.